The van der Waals surface area contributed by atoms with Crippen molar-refractivity contribution in [3.05, 3.63) is 79.9 Å². The third-order valence-electron chi connectivity index (χ3n) is 4.84. The zero-order valence-electron chi connectivity index (χ0n) is 14.7. The van der Waals surface area contributed by atoms with Crippen molar-refractivity contribution in [1.29, 1.82) is 0 Å². The summed E-state index contributed by atoms with van der Waals surface area (Å²) in [7, 11) is 0. The first-order valence-electron chi connectivity index (χ1n) is 8.48. The number of H-pyrrole nitrogens is 1. The van der Waals surface area contributed by atoms with Crippen LogP contribution in [-0.4, -0.2) is 21.1 Å². The molecule has 0 saturated carbocycles. The number of aromatic nitrogens is 2. The molecule has 3 aromatic rings. The lowest BCUT2D eigenvalue weighted by atomic mass is 10.1. The number of hydrogen-bond donors (Lipinski definition) is 2. The Morgan fingerprint density at radius 1 is 1.15 bits per heavy atom. The highest BCUT2D eigenvalue weighted by molar-refractivity contribution is 5.55. The number of aryl methyl sites for hydroxylation is 1. The van der Waals surface area contributed by atoms with E-state index >= 15 is 0 Å². The molecule has 1 aliphatic rings. The molecule has 0 amide bonds. The second-order valence-corrected chi connectivity index (χ2v) is 6.54. The second-order valence-electron chi connectivity index (χ2n) is 6.54. The Kier molecular flexibility index (Phi) is 4.00. The van der Waals surface area contributed by atoms with Gasteiger partial charge in [-0.15, -0.1) is 0 Å². The topological polar surface area (TPSA) is 83.3 Å². The molecule has 0 atom stereocenters. The van der Waals surface area contributed by atoms with E-state index in [-0.39, 0.29) is 5.56 Å². The quantitative estimate of drug-likeness (QED) is 0.754. The molecule has 26 heavy (non-hydrogen) atoms. The zero-order chi connectivity index (χ0) is 18.3. The number of rotatable bonds is 3. The van der Waals surface area contributed by atoms with E-state index in [2.05, 4.69) is 10.3 Å². The summed E-state index contributed by atoms with van der Waals surface area (Å²) in [6.45, 7) is 5.51. The normalized spacial score (nSPS) is 14.1. The molecule has 2 aromatic heterocycles. The lowest BCUT2D eigenvalue weighted by Gasteiger charge is -2.30. The molecule has 0 aliphatic carbocycles. The van der Waals surface area contributed by atoms with Crippen LogP contribution in [0.25, 0.3) is 5.69 Å². The third-order valence-corrected chi connectivity index (χ3v) is 4.84. The molecular formula is C19H20N4O3. The fourth-order valence-electron chi connectivity index (χ4n) is 3.31. The highest BCUT2D eigenvalue weighted by Gasteiger charge is 2.24. The van der Waals surface area contributed by atoms with Crippen molar-refractivity contribution in [2.45, 2.75) is 26.9 Å². The minimum absolute atomic E-state index is 0.358. The van der Waals surface area contributed by atoms with Crippen molar-refractivity contribution < 1.29 is 4.42 Å². The van der Waals surface area contributed by atoms with Gasteiger partial charge in [-0.05, 0) is 43.2 Å². The maximum absolute atomic E-state index is 12.6. The van der Waals surface area contributed by atoms with E-state index in [4.69, 9.17) is 4.42 Å². The number of nitrogens with one attached hydrogen (secondary N) is 2. The van der Waals surface area contributed by atoms with E-state index in [1.165, 1.54) is 0 Å². The SMILES string of the molecule is Cc1cccc(-n2c3c(c(=O)[nH]c2=O)CN(Cc2ccco2)CN3)c1C. The molecule has 3 heterocycles. The van der Waals surface area contributed by atoms with E-state index in [0.717, 1.165) is 22.6 Å². The van der Waals surface area contributed by atoms with Crippen molar-refractivity contribution in [2.75, 3.05) is 12.0 Å². The minimum Gasteiger partial charge on any atom is -0.468 e. The van der Waals surface area contributed by atoms with E-state index in [0.29, 0.717) is 31.1 Å². The molecule has 134 valence electrons. The number of furan rings is 1. The molecule has 0 spiro atoms. The Bertz CT molecular complexity index is 1060. The van der Waals surface area contributed by atoms with Gasteiger partial charge in [0.1, 0.15) is 11.6 Å². The van der Waals surface area contributed by atoms with Gasteiger partial charge in [0.15, 0.2) is 0 Å². The maximum atomic E-state index is 12.6. The lowest BCUT2D eigenvalue weighted by Crippen LogP contribution is -2.42. The van der Waals surface area contributed by atoms with Crippen molar-refractivity contribution >= 4 is 5.82 Å². The van der Waals surface area contributed by atoms with Crippen LogP contribution in [-0.2, 0) is 13.1 Å². The van der Waals surface area contributed by atoms with Gasteiger partial charge in [0.2, 0.25) is 0 Å². The first-order chi connectivity index (χ1) is 12.5. The van der Waals surface area contributed by atoms with Crippen LogP contribution in [0.3, 0.4) is 0 Å². The summed E-state index contributed by atoms with van der Waals surface area (Å²) in [5.41, 5.74) is 2.61. The Hall–Kier alpha value is -3.06. The Balaban J connectivity index is 1.79. The summed E-state index contributed by atoms with van der Waals surface area (Å²) < 4.78 is 6.94. The Morgan fingerprint density at radius 3 is 2.77 bits per heavy atom. The van der Waals surface area contributed by atoms with Gasteiger partial charge in [-0.25, -0.2) is 9.36 Å². The number of hydrogen-bond acceptors (Lipinski definition) is 5. The van der Waals surface area contributed by atoms with Gasteiger partial charge >= 0.3 is 5.69 Å². The summed E-state index contributed by atoms with van der Waals surface area (Å²) in [5, 5.41) is 3.25. The molecule has 0 saturated heterocycles. The Labute approximate surface area is 149 Å². The highest BCUT2D eigenvalue weighted by atomic mass is 16.3. The van der Waals surface area contributed by atoms with Gasteiger partial charge in [-0.3, -0.25) is 14.7 Å². The summed E-state index contributed by atoms with van der Waals surface area (Å²) in [6, 6.07) is 9.54. The van der Waals surface area contributed by atoms with Crippen molar-refractivity contribution in [1.82, 2.24) is 14.5 Å². The standard InChI is InChI=1S/C19H20N4O3/c1-12-5-3-7-16(13(12)2)23-17-15(18(24)21-19(23)25)10-22(11-20-17)9-14-6-4-8-26-14/h3-8,20H,9-11H2,1-2H3,(H,21,24,25). The van der Waals surface area contributed by atoms with Crippen LogP contribution in [0.2, 0.25) is 0 Å². The zero-order valence-corrected chi connectivity index (χ0v) is 14.7. The number of anilines is 1. The predicted molar refractivity (Wildman–Crippen MR) is 98.6 cm³/mol. The van der Waals surface area contributed by atoms with Gasteiger partial charge in [0.25, 0.3) is 5.56 Å². The van der Waals surface area contributed by atoms with Gasteiger partial charge in [-0.2, -0.15) is 0 Å². The average molecular weight is 352 g/mol. The van der Waals surface area contributed by atoms with Crippen LogP contribution in [0, 0.1) is 13.8 Å². The largest absolute Gasteiger partial charge is 0.468 e. The van der Waals surface area contributed by atoms with Crippen LogP contribution in [0.4, 0.5) is 5.82 Å². The van der Waals surface area contributed by atoms with Crippen LogP contribution in [0.15, 0.2) is 50.6 Å². The molecule has 0 radical (unpaired) electrons. The molecule has 1 aromatic carbocycles. The van der Waals surface area contributed by atoms with Crippen molar-refractivity contribution in [3.8, 4) is 5.69 Å². The molecule has 4 rings (SSSR count). The Morgan fingerprint density at radius 2 is 2.00 bits per heavy atom. The number of benzene rings is 1. The van der Waals surface area contributed by atoms with Crippen LogP contribution >= 0.6 is 0 Å². The minimum atomic E-state index is -0.436. The van der Waals surface area contributed by atoms with Crippen LogP contribution in [0.5, 0.6) is 0 Å². The molecule has 0 fully saturated rings. The third kappa shape index (κ3) is 2.76. The number of fused-ring (bicyclic) bond motifs is 1. The van der Waals surface area contributed by atoms with Crippen molar-refractivity contribution in [3.63, 3.8) is 0 Å². The first-order valence-corrected chi connectivity index (χ1v) is 8.48. The number of aromatic amines is 1. The molecule has 0 bridgehead atoms. The number of nitrogens with zero attached hydrogens (tertiary/aromatic N) is 2. The first kappa shape index (κ1) is 16.4. The fourth-order valence-corrected chi connectivity index (χ4v) is 3.31. The van der Waals surface area contributed by atoms with Crippen molar-refractivity contribution in [2.24, 2.45) is 0 Å². The second kappa shape index (κ2) is 6.34. The lowest BCUT2D eigenvalue weighted by molar-refractivity contribution is 0.241. The summed E-state index contributed by atoms with van der Waals surface area (Å²) >= 11 is 0. The fraction of sp³-hybridized carbons (Fsp3) is 0.263. The molecule has 7 heteroatoms. The summed E-state index contributed by atoms with van der Waals surface area (Å²) in [5.74, 6) is 1.39. The maximum Gasteiger partial charge on any atom is 0.334 e. The smallest absolute Gasteiger partial charge is 0.334 e. The van der Waals surface area contributed by atoms with Crippen LogP contribution < -0.4 is 16.6 Å². The van der Waals surface area contributed by atoms with Gasteiger partial charge in [0.05, 0.1) is 30.7 Å². The monoisotopic (exact) mass is 352 g/mol. The summed E-state index contributed by atoms with van der Waals surface area (Å²) in [4.78, 5) is 29.5. The van der Waals surface area contributed by atoms with Crippen LogP contribution in [0.1, 0.15) is 22.5 Å². The molecule has 2 N–H and O–H groups in total. The highest BCUT2D eigenvalue weighted by Crippen LogP contribution is 2.24. The predicted octanol–water partition coefficient (Wildman–Crippen LogP) is 2.12. The van der Waals surface area contributed by atoms with Gasteiger partial charge in [0, 0.05) is 6.54 Å². The average Bonchev–Trinajstić information content (AvgIpc) is 3.12. The summed E-state index contributed by atoms with van der Waals surface area (Å²) in [6.07, 6.45) is 1.63. The van der Waals surface area contributed by atoms with Gasteiger partial charge < -0.3 is 9.73 Å². The van der Waals surface area contributed by atoms with E-state index < -0.39 is 5.69 Å². The van der Waals surface area contributed by atoms with E-state index in [1.807, 2.05) is 49.1 Å². The van der Waals surface area contributed by atoms with E-state index in [1.54, 1.807) is 10.8 Å². The molecule has 7 nitrogen and oxygen atoms in total. The van der Waals surface area contributed by atoms with E-state index in [9.17, 15) is 9.59 Å². The molecule has 1 aliphatic heterocycles. The molecule has 0 unspecified atom stereocenters. The van der Waals surface area contributed by atoms with Gasteiger partial charge in [-0.1, -0.05) is 12.1 Å². The molecular weight excluding hydrogens is 332 g/mol.